The first-order chi connectivity index (χ1) is 8.20. The first-order valence-corrected chi connectivity index (χ1v) is 6.24. The number of nitrogens with one attached hydrogen (secondary N) is 1. The largest absolute Gasteiger partial charge is 0.474 e. The molecule has 0 bridgehead atoms. The summed E-state index contributed by atoms with van der Waals surface area (Å²) < 4.78 is 11.0. The van der Waals surface area contributed by atoms with Gasteiger partial charge in [-0.1, -0.05) is 23.2 Å². The van der Waals surface area contributed by atoms with Crippen LogP contribution < -0.4 is 10.1 Å². The van der Waals surface area contributed by atoms with Gasteiger partial charge in [-0.15, -0.1) is 0 Å². The SMILES string of the molecule is CNc1nc(OCC2CCCO2)c(Cl)cc1Cl. The van der Waals surface area contributed by atoms with Gasteiger partial charge in [0.1, 0.15) is 17.4 Å². The van der Waals surface area contributed by atoms with E-state index in [2.05, 4.69) is 10.3 Å². The summed E-state index contributed by atoms with van der Waals surface area (Å²) in [5, 5.41) is 3.76. The minimum absolute atomic E-state index is 0.140. The molecule has 1 aliphatic rings. The third-order valence-electron chi connectivity index (χ3n) is 2.56. The Morgan fingerprint density at radius 3 is 3.00 bits per heavy atom. The summed E-state index contributed by atoms with van der Waals surface area (Å²) in [5.41, 5.74) is 0. The van der Waals surface area contributed by atoms with E-state index in [-0.39, 0.29) is 6.10 Å². The Morgan fingerprint density at radius 1 is 1.53 bits per heavy atom. The molecule has 1 aliphatic heterocycles. The van der Waals surface area contributed by atoms with Gasteiger partial charge in [0, 0.05) is 13.7 Å². The van der Waals surface area contributed by atoms with Crippen molar-refractivity contribution in [3.8, 4) is 5.88 Å². The van der Waals surface area contributed by atoms with E-state index < -0.39 is 0 Å². The first-order valence-electron chi connectivity index (χ1n) is 5.49. The second-order valence-corrected chi connectivity index (χ2v) is 4.62. The number of halogens is 2. The monoisotopic (exact) mass is 276 g/mol. The van der Waals surface area contributed by atoms with Crippen LogP contribution >= 0.6 is 23.2 Å². The van der Waals surface area contributed by atoms with Gasteiger partial charge in [-0.05, 0) is 18.9 Å². The minimum atomic E-state index is 0.140. The second kappa shape index (κ2) is 5.76. The molecule has 0 aromatic carbocycles. The van der Waals surface area contributed by atoms with E-state index in [0.717, 1.165) is 19.4 Å². The average molecular weight is 277 g/mol. The van der Waals surface area contributed by atoms with E-state index in [1.165, 1.54) is 0 Å². The van der Waals surface area contributed by atoms with Crippen LogP contribution in [0.1, 0.15) is 12.8 Å². The second-order valence-electron chi connectivity index (χ2n) is 3.80. The number of hydrogen-bond acceptors (Lipinski definition) is 4. The van der Waals surface area contributed by atoms with Crippen LogP contribution in [-0.4, -0.2) is 31.3 Å². The topological polar surface area (TPSA) is 43.4 Å². The molecule has 2 rings (SSSR count). The molecule has 4 nitrogen and oxygen atoms in total. The highest BCUT2D eigenvalue weighted by Gasteiger charge is 2.17. The molecule has 1 aromatic rings. The number of rotatable bonds is 4. The quantitative estimate of drug-likeness (QED) is 0.918. The van der Waals surface area contributed by atoms with Crippen molar-refractivity contribution < 1.29 is 9.47 Å². The molecule has 1 atom stereocenters. The lowest BCUT2D eigenvalue weighted by Gasteiger charge is -2.13. The smallest absolute Gasteiger partial charge is 0.234 e. The van der Waals surface area contributed by atoms with Crippen LogP contribution in [0.4, 0.5) is 5.82 Å². The third-order valence-corrected chi connectivity index (χ3v) is 3.12. The van der Waals surface area contributed by atoms with Gasteiger partial charge in [0.25, 0.3) is 0 Å². The molecule has 1 aromatic heterocycles. The van der Waals surface area contributed by atoms with E-state index in [9.17, 15) is 0 Å². The van der Waals surface area contributed by atoms with Crippen molar-refractivity contribution in [3.05, 3.63) is 16.1 Å². The molecule has 0 amide bonds. The Hall–Kier alpha value is -0.710. The maximum Gasteiger partial charge on any atom is 0.234 e. The van der Waals surface area contributed by atoms with Crippen LogP contribution in [-0.2, 0) is 4.74 Å². The summed E-state index contributed by atoms with van der Waals surface area (Å²) in [7, 11) is 1.74. The molecule has 6 heteroatoms. The lowest BCUT2D eigenvalue weighted by molar-refractivity contribution is 0.0664. The molecule has 0 saturated carbocycles. The van der Waals surface area contributed by atoms with E-state index in [1.807, 2.05) is 0 Å². The molecule has 1 unspecified atom stereocenters. The van der Waals surface area contributed by atoms with Crippen LogP contribution in [0.5, 0.6) is 5.88 Å². The fourth-order valence-electron chi connectivity index (χ4n) is 1.67. The summed E-state index contributed by atoms with van der Waals surface area (Å²) in [4.78, 5) is 4.20. The average Bonchev–Trinajstić information content (AvgIpc) is 2.81. The van der Waals surface area contributed by atoms with Gasteiger partial charge >= 0.3 is 0 Å². The van der Waals surface area contributed by atoms with E-state index >= 15 is 0 Å². The predicted octanol–water partition coefficient (Wildman–Crippen LogP) is 2.99. The summed E-state index contributed by atoms with van der Waals surface area (Å²) in [6, 6.07) is 1.62. The highest BCUT2D eigenvalue weighted by atomic mass is 35.5. The van der Waals surface area contributed by atoms with E-state index in [0.29, 0.717) is 28.3 Å². The van der Waals surface area contributed by atoms with Crippen molar-refractivity contribution in [3.63, 3.8) is 0 Å². The molecule has 1 saturated heterocycles. The highest BCUT2D eigenvalue weighted by molar-refractivity contribution is 6.36. The first kappa shape index (κ1) is 12.7. The van der Waals surface area contributed by atoms with Crippen molar-refractivity contribution in [2.45, 2.75) is 18.9 Å². The molecular weight excluding hydrogens is 263 g/mol. The van der Waals surface area contributed by atoms with Gasteiger partial charge < -0.3 is 14.8 Å². The molecule has 0 spiro atoms. The maximum atomic E-state index is 6.00. The summed E-state index contributed by atoms with van der Waals surface area (Å²) in [6.45, 7) is 1.27. The Labute approximate surface area is 110 Å². The van der Waals surface area contributed by atoms with Gasteiger partial charge in [-0.25, -0.2) is 0 Å². The fourth-order valence-corrected chi connectivity index (χ4v) is 2.18. The minimum Gasteiger partial charge on any atom is -0.474 e. The third kappa shape index (κ3) is 3.15. The van der Waals surface area contributed by atoms with Crippen LogP contribution in [0.25, 0.3) is 0 Å². The van der Waals surface area contributed by atoms with Crippen molar-refractivity contribution in [1.29, 1.82) is 0 Å². The Bertz CT molecular complexity index is 395. The summed E-state index contributed by atoms with van der Waals surface area (Å²) >= 11 is 11.9. The molecule has 1 N–H and O–H groups in total. The van der Waals surface area contributed by atoms with Crippen LogP contribution in [0.15, 0.2) is 6.07 Å². The standard InChI is InChI=1S/C11H14Cl2N2O2/c1-14-10-8(12)5-9(13)11(15-10)17-6-7-3-2-4-16-7/h5,7H,2-4,6H2,1H3,(H,14,15). The molecule has 0 aliphatic carbocycles. The van der Waals surface area contributed by atoms with Gasteiger partial charge in [-0.3, -0.25) is 0 Å². The predicted molar refractivity (Wildman–Crippen MR) is 68.3 cm³/mol. The van der Waals surface area contributed by atoms with Crippen molar-refractivity contribution in [2.24, 2.45) is 0 Å². The van der Waals surface area contributed by atoms with Crippen molar-refractivity contribution in [1.82, 2.24) is 4.98 Å². The molecule has 0 radical (unpaired) electrons. The summed E-state index contributed by atoms with van der Waals surface area (Å²) in [6.07, 6.45) is 2.24. The van der Waals surface area contributed by atoms with E-state index in [4.69, 9.17) is 32.7 Å². The number of ether oxygens (including phenoxy) is 2. The lowest BCUT2D eigenvalue weighted by Crippen LogP contribution is -2.17. The molecular formula is C11H14Cl2N2O2. The number of pyridine rings is 1. The fraction of sp³-hybridized carbons (Fsp3) is 0.545. The number of nitrogens with zero attached hydrogens (tertiary/aromatic N) is 1. The van der Waals surface area contributed by atoms with Gasteiger partial charge in [0.05, 0.1) is 11.1 Å². The zero-order valence-electron chi connectivity index (χ0n) is 9.50. The number of aromatic nitrogens is 1. The zero-order chi connectivity index (χ0) is 12.3. The molecule has 2 heterocycles. The Morgan fingerprint density at radius 2 is 2.35 bits per heavy atom. The van der Waals surface area contributed by atoms with Crippen LogP contribution in [0, 0.1) is 0 Å². The van der Waals surface area contributed by atoms with Crippen LogP contribution in [0.2, 0.25) is 10.0 Å². The Balaban J connectivity index is 2.03. The van der Waals surface area contributed by atoms with Crippen molar-refractivity contribution in [2.75, 3.05) is 25.6 Å². The van der Waals surface area contributed by atoms with Gasteiger partial charge in [0.15, 0.2) is 0 Å². The maximum absolute atomic E-state index is 6.00. The van der Waals surface area contributed by atoms with E-state index in [1.54, 1.807) is 13.1 Å². The zero-order valence-corrected chi connectivity index (χ0v) is 11.0. The van der Waals surface area contributed by atoms with Gasteiger partial charge in [0.2, 0.25) is 5.88 Å². The lowest BCUT2D eigenvalue weighted by atomic mass is 10.2. The summed E-state index contributed by atoms with van der Waals surface area (Å²) in [5.74, 6) is 0.939. The number of hydrogen-bond donors (Lipinski definition) is 1. The molecule has 1 fully saturated rings. The molecule has 94 valence electrons. The number of anilines is 1. The highest BCUT2D eigenvalue weighted by Crippen LogP contribution is 2.30. The van der Waals surface area contributed by atoms with Gasteiger partial charge in [-0.2, -0.15) is 4.98 Å². The normalized spacial score (nSPS) is 19.4. The van der Waals surface area contributed by atoms with Crippen molar-refractivity contribution >= 4 is 29.0 Å². The molecule has 17 heavy (non-hydrogen) atoms. The Kier molecular flexibility index (Phi) is 4.31. The van der Waals surface area contributed by atoms with Crippen LogP contribution in [0.3, 0.4) is 0 Å².